The molecule has 0 aliphatic carbocycles. The second kappa shape index (κ2) is 8.08. The molecule has 0 saturated carbocycles. The average Bonchev–Trinajstić information content (AvgIpc) is 3.28. The third-order valence-electron chi connectivity index (χ3n) is 4.84. The highest BCUT2D eigenvalue weighted by atomic mass is 32.2. The third kappa shape index (κ3) is 4.02. The molecule has 0 saturated heterocycles. The summed E-state index contributed by atoms with van der Waals surface area (Å²) in [6.07, 6.45) is 1.81. The summed E-state index contributed by atoms with van der Waals surface area (Å²) in [6.45, 7) is 4.55. The Morgan fingerprint density at radius 2 is 1.83 bits per heavy atom. The standard InChI is InChI=1S/C21H22N6OS/c1-14-7-6-8-15(2)20(14)23-19(28)12-29-21-25-24-18(26(21)3)11-27-13-22-16-9-4-5-10-17(16)27/h4-10,13H,11-12H2,1-3H3,(H,23,28). The molecule has 148 valence electrons. The van der Waals surface area contributed by atoms with Crippen LogP contribution < -0.4 is 5.32 Å². The number of thioether (sulfide) groups is 1. The Morgan fingerprint density at radius 1 is 1.07 bits per heavy atom. The molecule has 1 amide bonds. The van der Waals surface area contributed by atoms with Gasteiger partial charge in [0.2, 0.25) is 5.91 Å². The van der Waals surface area contributed by atoms with E-state index in [1.807, 2.05) is 78.8 Å². The largest absolute Gasteiger partial charge is 0.325 e. The van der Waals surface area contributed by atoms with Crippen LogP contribution in [0.15, 0.2) is 53.9 Å². The van der Waals surface area contributed by atoms with Gasteiger partial charge in [0.1, 0.15) is 0 Å². The quantitative estimate of drug-likeness (QED) is 0.496. The van der Waals surface area contributed by atoms with Crippen LogP contribution in [0.5, 0.6) is 0 Å². The van der Waals surface area contributed by atoms with Crippen LogP contribution in [0.2, 0.25) is 0 Å². The number of carbonyl (C=O) groups is 1. The van der Waals surface area contributed by atoms with E-state index in [1.54, 1.807) is 0 Å². The summed E-state index contributed by atoms with van der Waals surface area (Å²) in [5, 5.41) is 12.3. The van der Waals surface area contributed by atoms with Gasteiger partial charge in [-0.05, 0) is 37.1 Å². The Labute approximate surface area is 173 Å². The van der Waals surface area contributed by atoms with Crippen LogP contribution >= 0.6 is 11.8 Å². The first-order chi connectivity index (χ1) is 14.0. The minimum absolute atomic E-state index is 0.0578. The van der Waals surface area contributed by atoms with E-state index in [-0.39, 0.29) is 11.7 Å². The fourth-order valence-electron chi connectivity index (χ4n) is 3.21. The first kappa shape index (κ1) is 19.2. The van der Waals surface area contributed by atoms with Crippen molar-refractivity contribution in [2.45, 2.75) is 25.5 Å². The summed E-state index contributed by atoms with van der Waals surface area (Å²) >= 11 is 1.38. The van der Waals surface area contributed by atoms with Crippen molar-refractivity contribution in [1.29, 1.82) is 0 Å². The highest BCUT2D eigenvalue weighted by molar-refractivity contribution is 7.99. The fourth-order valence-corrected chi connectivity index (χ4v) is 3.94. The van der Waals surface area contributed by atoms with Gasteiger partial charge in [0.05, 0.1) is 29.7 Å². The van der Waals surface area contributed by atoms with Gasteiger partial charge in [0.15, 0.2) is 11.0 Å². The zero-order chi connectivity index (χ0) is 20.4. The van der Waals surface area contributed by atoms with Gasteiger partial charge in [-0.1, -0.05) is 42.1 Å². The number of aromatic nitrogens is 5. The molecular formula is C21H22N6OS. The lowest BCUT2D eigenvalue weighted by Crippen LogP contribution is -2.16. The molecule has 1 N–H and O–H groups in total. The Hall–Kier alpha value is -3.13. The van der Waals surface area contributed by atoms with E-state index in [0.717, 1.165) is 33.7 Å². The van der Waals surface area contributed by atoms with Crippen molar-refractivity contribution in [3.8, 4) is 0 Å². The molecule has 4 aromatic rings. The van der Waals surface area contributed by atoms with Gasteiger partial charge in [0, 0.05) is 12.7 Å². The predicted molar refractivity (Wildman–Crippen MR) is 115 cm³/mol. The topological polar surface area (TPSA) is 77.6 Å². The van der Waals surface area contributed by atoms with Crippen LogP contribution in [0.3, 0.4) is 0 Å². The number of rotatable bonds is 6. The maximum absolute atomic E-state index is 12.4. The Bertz CT molecular complexity index is 1160. The van der Waals surface area contributed by atoms with E-state index in [0.29, 0.717) is 11.7 Å². The molecule has 8 heteroatoms. The van der Waals surface area contributed by atoms with Crippen LogP contribution in [0, 0.1) is 13.8 Å². The number of benzene rings is 2. The average molecular weight is 407 g/mol. The van der Waals surface area contributed by atoms with E-state index in [2.05, 4.69) is 20.5 Å². The van der Waals surface area contributed by atoms with Crippen molar-refractivity contribution < 1.29 is 4.79 Å². The number of amides is 1. The Balaban J connectivity index is 1.42. The smallest absolute Gasteiger partial charge is 0.234 e. The summed E-state index contributed by atoms with van der Waals surface area (Å²) in [5.41, 5.74) is 4.99. The molecule has 0 unspecified atom stereocenters. The minimum atomic E-state index is -0.0578. The van der Waals surface area contributed by atoms with Crippen LogP contribution in [-0.2, 0) is 18.4 Å². The Kier molecular flexibility index (Phi) is 5.35. The highest BCUT2D eigenvalue weighted by Crippen LogP contribution is 2.21. The van der Waals surface area contributed by atoms with E-state index in [9.17, 15) is 4.79 Å². The van der Waals surface area contributed by atoms with Gasteiger partial charge in [0.25, 0.3) is 0 Å². The van der Waals surface area contributed by atoms with Crippen molar-refractivity contribution in [2.75, 3.05) is 11.1 Å². The zero-order valence-corrected chi connectivity index (χ0v) is 17.4. The predicted octanol–water partition coefficient (Wildman–Crippen LogP) is 3.56. The molecule has 0 aliphatic heterocycles. The first-order valence-corrected chi connectivity index (χ1v) is 10.3. The van der Waals surface area contributed by atoms with Gasteiger partial charge in [-0.25, -0.2) is 4.98 Å². The summed E-state index contributed by atoms with van der Waals surface area (Å²) in [4.78, 5) is 16.8. The number of carbonyl (C=O) groups excluding carboxylic acids is 1. The summed E-state index contributed by atoms with van der Waals surface area (Å²) < 4.78 is 3.97. The normalized spacial score (nSPS) is 11.1. The maximum Gasteiger partial charge on any atom is 0.234 e. The number of fused-ring (bicyclic) bond motifs is 1. The molecule has 0 atom stereocenters. The first-order valence-electron chi connectivity index (χ1n) is 9.30. The molecule has 0 bridgehead atoms. The number of hydrogen-bond donors (Lipinski definition) is 1. The van der Waals surface area contributed by atoms with Gasteiger partial charge < -0.3 is 14.5 Å². The van der Waals surface area contributed by atoms with Crippen LogP contribution in [0.25, 0.3) is 11.0 Å². The number of hydrogen-bond acceptors (Lipinski definition) is 5. The number of nitrogens with zero attached hydrogens (tertiary/aromatic N) is 5. The number of para-hydroxylation sites is 3. The van der Waals surface area contributed by atoms with E-state index < -0.39 is 0 Å². The summed E-state index contributed by atoms with van der Waals surface area (Å²) in [6, 6.07) is 14.0. The number of imidazole rings is 1. The molecule has 0 radical (unpaired) electrons. The molecule has 2 aromatic carbocycles. The second-order valence-corrected chi connectivity index (χ2v) is 7.87. The van der Waals surface area contributed by atoms with E-state index in [4.69, 9.17) is 0 Å². The van der Waals surface area contributed by atoms with E-state index >= 15 is 0 Å². The number of nitrogens with one attached hydrogen (secondary N) is 1. The van der Waals surface area contributed by atoms with Crippen molar-refractivity contribution >= 4 is 34.4 Å². The Morgan fingerprint density at radius 3 is 2.62 bits per heavy atom. The van der Waals surface area contributed by atoms with E-state index in [1.165, 1.54) is 11.8 Å². The minimum Gasteiger partial charge on any atom is -0.325 e. The third-order valence-corrected chi connectivity index (χ3v) is 5.86. The monoisotopic (exact) mass is 406 g/mol. The van der Waals surface area contributed by atoms with Crippen molar-refractivity contribution in [3.63, 3.8) is 0 Å². The number of aryl methyl sites for hydroxylation is 2. The van der Waals surface area contributed by atoms with Crippen molar-refractivity contribution in [1.82, 2.24) is 24.3 Å². The van der Waals surface area contributed by atoms with Crippen LogP contribution in [0.1, 0.15) is 17.0 Å². The van der Waals surface area contributed by atoms with Gasteiger partial charge in [-0.15, -0.1) is 10.2 Å². The second-order valence-electron chi connectivity index (χ2n) is 6.92. The zero-order valence-electron chi connectivity index (χ0n) is 16.6. The lowest BCUT2D eigenvalue weighted by Gasteiger charge is -2.11. The molecular weight excluding hydrogens is 384 g/mol. The fraction of sp³-hybridized carbons (Fsp3) is 0.238. The van der Waals surface area contributed by atoms with Gasteiger partial charge >= 0.3 is 0 Å². The lowest BCUT2D eigenvalue weighted by atomic mass is 10.1. The molecule has 4 rings (SSSR count). The summed E-state index contributed by atoms with van der Waals surface area (Å²) in [5.74, 6) is 1.02. The molecule has 0 fully saturated rings. The SMILES string of the molecule is Cc1cccc(C)c1NC(=O)CSc1nnc(Cn2cnc3ccccc32)n1C. The van der Waals surface area contributed by atoms with Crippen molar-refractivity contribution in [3.05, 3.63) is 65.7 Å². The van der Waals surface area contributed by atoms with Gasteiger partial charge in [-0.2, -0.15) is 0 Å². The number of anilines is 1. The lowest BCUT2D eigenvalue weighted by molar-refractivity contribution is -0.113. The molecule has 7 nitrogen and oxygen atoms in total. The van der Waals surface area contributed by atoms with Gasteiger partial charge in [-0.3, -0.25) is 4.79 Å². The van der Waals surface area contributed by atoms with Crippen LogP contribution in [0.4, 0.5) is 5.69 Å². The highest BCUT2D eigenvalue weighted by Gasteiger charge is 2.14. The summed E-state index contributed by atoms with van der Waals surface area (Å²) in [7, 11) is 1.92. The van der Waals surface area contributed by atoms with Crippen molar-refractivity contribution in [2.24, 2.45) is 7.05 Å². The molecule has 2 aromatic heterocycles. The van der Waals surface area contributed by atoms with Crippen LogP contribution in [-0.4, -0.2) is 36.0 Å². The molecule has 29 heavy (non-hydrogen) atoms. The molecule has 2 heterocycles. The molecule has 0 aliphatic rings. The maximum atomic E-state index is 12.4. The molecule has 0 spiro atoms.